The van der Waals surface area contributed by atoms with E-state index in [1.165, 1.54) is 29.0 Å². The molecule has 4 aromatic rings. The van der Waals surface area contributed by atoms with Gasteiger partial charge in [0.2, 0.25) is 0 Å². The Labute approximate surface area is 197 Å². The molecule has 3 aromatic carbocycles. The average molecular weight is 501 g/mol. The van der Waals surface area contributed by atoms with Crippen LogP contribution in [0.3, 0.4) is 0 Å². The number of halogens is 3. The number of rotatable bonds is 6. The lowest BCUT2D eigenvalue weighted by atomic mass is 10.1. The van der Waals surface area contributed by atoms with Crippen molar-refractivity contribution in [3.8, 4) is 0 Å². The highest BCUT2D eigenvalue weighted by Gasteiger charge is 2.46. The minimum atomic E-state index is -5.69. The Morgan fingerprint density at radius 1 is 0.857 bits per heavy atom. The highest BCUT2D eigenvalue weighted by molar-refractivity contribution is 7.93. The van der Waals surface area contributed by atoms with E-state index in [-0.39, 0.29) is 17.7 Å². The van der Waals surface area contributed by atoms with E-state index in [1.54, 1.807) is 34.9 Å². The van der Waals surface area contributed by atoms with Gasteiger partial charge in [-0.25, -0.2) is 0 Å². The molecule has 1 aromatic heterocycles. The maximum atomic E-state index is 12.7. The number of anilines is 2. The number of nitrogens with zero attached hydrogens (tertiary/aromatic N) is 1. The number of para-hydroxylation sites is 2. The van der Waals surface area contributed by atoms with Crippen molar-refractivity contribution in [2.75, 3.05) is 10.0 Å². The molecule has 0 fully saturated rings. The van der Waals surface area contributed by atoms with Crippen molar-refractivity contribution in [3.05, 3.63) is 106 Å². The van der Waals surface area contributed by atoms with Crippen LogP contribution in [0, 0.1) is 0 Å². The third-order valence-electron chi connectivity index (χ3n) is 5.17. The Kier molecular flexibility index (Phi) is 6.35. The van der Waals surface area contributed by atoms with Crippen molar-refractivity contribution in [3.63, 3.8) is 0 Å². The average Bonchev–Trinajstić information content (AvgIpc) is 2.81. The number of amides is 1. The van der Waals surface area contributed by atoms with E-state index in [1.807, 2.05) is 24.3 Å². The first kappa shape index (κ1) is 24.0. The van der Waals surface area contributed by atoms with Crippen LogP contribution in [0.4, 0.5) is 24.5 Å². The zero-order valence-electron chi connectivity index (χ0n) is 17.9. The molecule has 0 saturated carbocycles. The van der Waals surface area contributed by atoms with Crippen molar-refractivity contribution >= 4 is 38.2 Å². The summed E-state index contributed by atoms with van der Waals surface area (Å²) in [5.74, 6) is -0.802. The molecule has 0 radical (unpaired) electrons. The highest BCUT2D eigenvalue weighted by Crippen LogP contribution is 2.27. The minimum Gasteiger partial charge on any atom is -0.322 e. The number of alkyl halides is 3. The summed E-state index contributed by atoms with van der Waals surface area (Å²) in [6.45, 7) is 0.288. The second-order valence-electron chi connectivity index (χ2n) is 7.56. The SMILES string of the molecule is O=C(Nc1ccc(Cn2c(=O)ccc3ccccc32)cc1)c1ccccc1NS(=O)(=O)C(F)(F)F. The molecule has 4 rings (SSSR count). The summed E-state index contributed by atoms with van der Waals surface area (Å²) >= 11 is 0. The number of aromatic nitrogens is 1. The smallest absolute Gasteiger partial charge is 0.322 e. The number of sulfonamides is 1. The number of carbonyl (C=O) groups excluding carboxylic acids is 1. The lowest BCUT2D eigenvalue weighted by Crippen LogP contribution is -2.30. The number of nitrogens with one attached hydrogen (secondary N) is 2. The van der Waals surface area contributed by atoms with E-state index < -0.39 is 27.1 Å². The molecule has 0 unspecified atom stereocenters. The molecule has 1 heterocycles. The predicted octanol–water partition coefficient (Wildman–Crippen LogP) is 4.56. The van der Waals surface area contributed by atoms with Gasteiger partial charge in [-0.05, 0) is 47.3 Å². The number of benzene rings is 3. The van der Waals surface area contributed by atoms with Gasteiger partial charge in [-0.3, -0.25) is 14.3 Å². The summed E-state index contributed by atoms with van der Waals surface area (Å²) in [5.41, 5.74) is -4.61. The first-order valence-corrected chi connectivity index (χ1v) is 11.7. The lowest BCUT2D eigenvalue weighted by Gasteiger charge is -2.14. The molecule has 11 heteroatoms. The van der Waals surface area contributed by atoms with Gasteiger partial charge < -0.3 is 9.88 Å². The normalized spacial score (nSPS) is 11.9. The molecule has 0 atom stereocenters. The van der Waals surface area contributed by atoms with Crippen molar-refractivity contribution in [1.82, 2.24) is 4.57 Å². The van der Waals surface area contributed by atoms with Gasteiger partial charge in [0.1, 0.15) is 0 Å². The molecule has 0 aliphatic carbocycles. The topological polar surface area (TPSA) is 97.3 Å². The second kappa shape index (κ2) is 9.26. The van der Waals surface area contributed by atoms with Crippen molar-refractivity contribution in [2.24, 2.45) is 0 Å². The zero-order chi connectivity index (χ0) is 25.2. The van der Waals surface area contributed by atoms with Gasteiger partial charge in [0.15, 0.2) is 0 Å². The standard InChI is InChI=1S/C24H18F3N3O4S/c25-24(26,27)35(33,34)29-20-7-3-2-6-19(20)23(32)28-18-12-9-16(10-13-18)15-30-21-8-4-1-5-17(21)11-14-22(30)31/h1-14,29H,15H2,(H,28,32). The van der Waals surface area contributed by atoms with Crippen molar-refractivity contribution in [1.29, 1.82) is 0 Å². The van der Waals surface area contributed by atoms with E-state index in [4.69, 9.17) is 0 Å². The van der Waals surface area contributed by atoms with Gasteiger partial charge in [0.25, 0.3) is 11.5 Å². The first-order valence-electron chi connectivity index (χ1n) is 10.2. The van der Waals surface area contributed by atoms with Gasteiger partial charge in [-0.15, -0.1) is 0 Å². The summed E-state index contributed by atoms with van der Waals surface area (Å²) in [5, 5.41) is 3.44. The van der Waals surface area contributed by atoms with E-state index in [9.17, 15) is 31.2 Å². The molecule has 2 N–H and O–H groups in total. The van der Waals surface area contributed by atoms with E-state index in [2.05, 4.69) is 5.32 Å². The minimum absolute atomic E-state index is 0.168. The molecule has 0 bridgehead atoms. The molecule has 7 nitrogen and oxygen atoms in total. The fraction of sp³-hybridized carbons (Fsp3) is 0.0833. The quantitative estimate of drug-likeness (QED) is 0.405. The number of hydrogen-bond donors (Lipinski definition) is 2. The fourth-order valence-corrected chi connectivity index (χ4v) is 4.04. The van der Waals surface area contributed by atoms with Crippen LogP contribution in [0.1, 0.15) is 15.9 Å². The molecule has 1 amide bonds. The van der Waals surface area contributed by atoms with Crippen molar-refractivity contribution in [2.45, 2.75) is 12.1 Å². The summed E-state index contributed by atoms with van der Waals surface area (Å²) in [7, 11) is -5.69. The van der Waals surface area contributed by atoms with E-state index >= 15 is 0 Å². The molecular formula is C24H18F3N3O4S. The molecule has 35 heavy (non-hydrogen) atoms. The molecular weight excluding hydrogens is 483 g/mol. The van der Waals surface area contributed by atoms with Crippen LogP contribution in [0.15, 0.2) is 89.7 Å². The number of pyridine rings is 1. The summed E-state index contributed by atoms with van der Waals surface area (Å²) in [6.07, 6.45) is 0. The van der Waals surface area contributed by atoms with Gasteiger partial charge in [-0.2, -0.15) is 21.6 Å². The second-order valence-corrected chi connectivity index (χ2v) is 9.24. The van der Waals surface area contributed by atoms with Crippen LogP contribution in [-0.2, 0) is 16.6 Å². The molecule has 0 aliphatic heterocycles. The number of carbonyl (C=O) groups is 1. The molecule has 0 aliphatic rings. The Hall–Kier alpha value is -4.12. The fourth-order valence-electron chi connectivity index (χ4n) is 3.45. The first-order chi connectivity index (χ1) is 16.5. The molecule has 0 spiro atoms. The Morgan fingerprint density at radius 2 is 1.51 bits per heavy atom. The predicted molar refractivity (Wildman–Crippen MR) is 127 cm³/mol. The Bertz CT molecular complexity index is 1560. The third-order valence-corrected chi connectivity index (χ3v) is 6.27. The largest absolute Gasteiger partial charge is 0.516 e. The third kappa shape index (κ3) is 5.19. The summed E-state index contributed by atoms with van der Waals surface area (Å²) in [6, 6.07) is 22.2. The van der Waals surface area contributed by atoms with Crippen LogP contribution >= 0.6 is 0 Å². The highest BCUT2D eigenvalue weighted by atomic mass is 32.2. The lowest BCUT2D eigenvalue weighted by molar-refractivity contribution is -0.0429. The number of fused-ring (bicyclic) bond motifs is 1. The monoisotopic (exact) mass is 501 g/mol. The maximum Gasteiger partial charge on any atom is 0.516 e. The van der Waals surface area contributed by atoms with Gasteiger partial charge >= 0.3 is 15.5 Å². The Morgan fingerprint density at radius 3 is 2.23 bits per heavy atom. The van der Waals surface area contributed by atoms with Crippen LogP contribution in [0.5, 0.6) is 0 Å². The van der Waals surface area contributed by atoms with Crippen LogP contribution in [0.2, 0.25) is 0 Å². The van der Waals surface area contributed by atoms with E-state index in [0.29, 0.717) is 5.69 Å². The van der Waals surface area contributed by atoms with Gasteiger partial charge in [-0.1, -0.05) is 42.5 Å². The summed E-state index contributed by atoms with van der Waals surface area (Å²) < 4.78 is 64.1. The van der Waals surface area contributed by atoms with Crippen LogP contribution < -0.4 is 15.6 Å². The van der Waals surface area contributed by atoms with Gasteiger partial charge in [0, 0.05) is 11.8 Å². The zero-order valence-corrected chi connectivity index (χ0v) is 18.7. The summed E-state index contributed by atoms with van der Waals surface area (Å²) in [4.78, 5) is 25.1. The molecule has 0 saturated heterocycles. The van der Waals surface area contributed by atoms with Crippen LogP contribution in [-0.4, -0.2) is 24.4 Å². The maximum absolute atomic E-state index is 12.7. The Balaban J connectivity index is 1.52. The number of hydrogen-bond acceptors (Lipinski definition) is 4. The van der Waals surface area contributed by atoms with E-state index in [0.717, 1.165) is 22.5 Å². The molecule has 180 valence electrons. The van der Waals surface area contributed by atoms with Crippen LogP contribution in [0.25, 0.3) is 10.9 Å². The van der Waals surface area contributed by atoms with Gasteiger partial charge in [0.05, 0.1) is 23.3 Å². The van der Waals surface area contributed by atoms with Crippen molar-refractivity contribution < 1.29 is 26.4 Å².